The fourth-order valence-corrected chi connectivity index (χ4v) is 1.61. The number of aromatic hydroxyl groups is 1. The monoisotopic (exact) mass is 213 g/mol. The van der Waals surface area contributed by atoms with Gasteiger partial charge in [-0.1, -0.05) is 31.0 Å². The Morgan fingerprint density at radius 2 is 2.14 bits per heavy atom. The molecule has 1 rings (SSSR count). The molecule has 0 radical (unpaired) electrons. The molecule has 2 nitrogen and oxygen atoms in total. The smallest absolute Gasteiger partial charge is 0.124 e. The molecule has 1 atom stereocenters. The molecule has 1 aromatic carbocycles. The minimum atomic E-state index is -0.101. The van der Waals surface area contributed by atoms with Crippen LogP contribution in [0, 0.1) is 6.92 Å². The van der Waals surface area contributed by atoms with E-state index in [2.05, 4.69) is 6.92 Å². The number of halogens is 1. The summed E-state index contributed by atoms with van der Waals surface area (Å²) < 4.78 is 0. The van der Waals surface area contributed by atoms with Crippen LogP contribution in [-0.4, -0.2) is 5.11 Å². The van der Waals surface area contributed by atoms with Gasteiger partial charge in [-0.2, -0.15) is 0 Å². The first-order valence-electron chi connectivity index (χ1n) is 4.81. The van der Waals surface area contributed by atoms with Crippen LogP contribution in [-0.2, 0) is 0 Å². The van der Waals surface area contributed by atoms with E-state index in [-0.39, 0.29) is 11.8 Å². The summed E-state index contributed by atoms with van der Waals surface area (Å²) in [6.45, 7) is 3.86. The highest BCUT2D eigenvalue weighted by molar-refractivity contribution is 6.31. The molecule has 1 aromatic rings. The van der Waals surface area contributed by atoms with Crippen LogP contribution < -0.4 is 5.73 Å². The van der Waals surface area contributed by atoms with Crippen LogP contribution in [0.1, 0.15) is 36.9 Å². The molecule has 0 bridgehead atoms. The summed E-state index contributed by atoms with van der Waals surface area (Å²) in [5.41, 5.74) is 7.41. The van der Waals surface area contributed by atoms with Crippen LogP contribution in [0.15, 0.2) is 12.1 Å². The zero-order valence-electron chi connectivity index (χ0n) is 8.55. The van der Waals surface area contributed by atoms with Gasteiger partial charge in [0, 0.05) is 22.2 Å². The van der Waals surface area contributed by atoms with E-state index in [1.165, 1.54) is 0 Å². The summed E-state index contributed by atoms with van der Waals surface area (Å²) in [6.07, 6.45) is 1.87. The predicted molar refractivity (Wildman–Crippen MR) is 59.7 cm³/mol. The van der Waals surface area contributed by atoms with Gasteiger partial charge in [0.25, 0.3) is 0 Å². The molecular formula is C11H16ClNO. The largest absolute Gasteiger partial charge is 0.507 e. The molecule has 0 aromatic heterocycles. The highest BCUT2D eigenvalue weighted by Crippen LogP contribution is 2.32. The SMILES string of the molecule is CCCC(N)c1ccc(Cl)c(C)c1O. The normalized spacial score (nSPS) is 12.9. The average molecular weight is 214 g/mol. The van der Waals surface area contributed by atoms with Crippen LogP contribution in [0.4, 0.5) is 0 Å². The molecule has 0 aliphatic heterocycles. The van der Waals surface area contributed by atoms with Crippen molar-refractivity contribution in [2.75, 3.05) is 0 Å². The van der Waals surface area contributed by atoms with E-state index >= 15 is 0 Å². The molecule has 14 heavy (non-hydrogen) atoms. The van der Waals surface area contributed by atoms with Gasteiger partial charge in [-0.15, -0.1) is 0 Å². The number of phenolic OH excluding ortho intramolecular Hbond substituents is 1. The first kappa shape index (κ1) is 11.3. The molecular weight excluding hydrogens is 198 g/mol. The van der Waals surface area contributed by atoms with Gasteiger partial charge in [-0.3, -0.25) is 0 Å². The summed E-state index contributed by atoms with van der Waals surface area (Å²) in [6, 6.07) is 3.47. The predicted octanol–water partition coefficient (Wildman–Crippen LogP) is 3.15. The van der Waals surface area contributed by atoms with Crippen LogP contribution in [0.2, 0.25) is 5.02 Å². The standard InChI is InChI=1S/C11H16ClNO/c1-3-4-10(13)8-5-6-9(12)7(2)11(8)14/h5-6,10,14H,3-4,13H2,1-2H3. The minimum absolute atomic E-state index is 0.101. The molecule has 0 heterocycles. The third-order valence-corrected chi connectivity index (χ3v) is 2.80. The highest BCUT2D eigenvalue weighted by Gasteiger charge is 2.13. The van der Waals surface area contributed by atoms with Crippen molar-refractivity contribution in [3.8, 4) is 5.75 Å². The molecule has 0 amide bonds. The first-order chi connectivity index (χ1) is 6.57. The Kier molecular flexibility index (Phi) is 3.78. The fourth-order valence-electron chi connectivity index (χ4n) is 1.46. The van der Waals surface area contributed by atoms with E-state index < -0.39 is 0 Å². The Bertz CT molecular complexity index is 325. The number of hydrogen-bond donors (Lipinski definition) is 2. The third-order valence-electron chi connectivity index (χ3n) is 2.40. The summed E-state index contributed by atoms with van der Waals surface area (Å²) >= 11 is 5.87. The van der Waals surface area contributed by atoms with E-state index in [0.29, 0.717) is 10.6 Å². The fraction of sp³-hybridized carbons (Fsp3) is 0.455. The topological polar surface area (TPSA) is 46.2 Å². The van der Waals surface area contributed by atoms with E-state index in [4.69, 9.17) is 17.3 Å². The van der Waals surface area contributed by atoms with Crippen molar-refractivity contribution in [3.63, 3.8) is 0 Å². The molecule has 0 saturated carbocycles. The second-order valence-corrected chi connectivity index (χ2v) is 3.91. The van der Waals surface area contributed by atoms with Gasteiger partial charge in [0.1, 0.15) is 5.75 Å². The second-order valence-electron chi connectivity index (χ2n) is 3.51. The number of nitrogens with two attached hydrogens (primary N) is 1. The number of benzene rings is 1. The number of hydrogen-bond acceptors (Lipinski definition) is 2. The van der Waals surface area contributed by atoms with Crippen LogP contribution in [0.25, 0.3) is 0 Å². The van der Waals surface area contributed by atoms with Crippen LogP contribution in [0.5, 0.6) is 5.75 Å². The molecule has 3 N–H and O–H groups in total. The Hall–Kier alpha value is -0.730. The lowest BCUT2D eigenvalue weighted by Crippen LogP contribution is -2.10. The average Bonchev–Trinajstić information content (AvgIpc) is 2.15. The Morgan fingerprint density at radius 1 is 1.50 bits per heavy atom. The summed E-state index contributed by atoms with van der Waals surface area (Å²) in [5, 5.41) is 10.4. The van der Waals surface area contributed by atoms with Gasteiger partial charge < -0.3 is 10.8 Å². The van der Waals surface area contributed by atoms with Gasteiger partial charge in [0.15, 0.2) is 0 Å². The third kappa shape index (κ3) is 2.20. The maximum atomic E-state index is 9.81. The molecule has 0 aliphatic rings. The molecule has 0 fully saturated rings. The van der Waals surface area contributed by atoms with Crippen LogP contribution in [0.3, 0.4) is 0 Å². The van der Waals surface area contributed by atoms with E-state index in [1.807, 2.05) is 0 Å². The molecule has 0 aliphatic carbocycles. The maximum Gasteiger partial charge on any atom is 0.124 e. The van der Waals surface area contributed by atoms with Crippen molar-refractivity contribution < 1.29 is 5.11 Å². The van der Waals surface area contributed by atoms with Gasteiger partial charge in [-0.05, 0) is 19.4 Å². The number of phenols is 1. The van der Waals surface area contributed by atoms with Crippen molar-refractivity contribution in [3.05, 3.63) is 28.3 Å². The van der Waals surface area contributed by atoms with Crippen molar-refractivity contribution in [2.24, 2.45) is 5.73 Å². The number of rotatable bonds is 3. The highest BCUT2D eigenvalue weighted by atomic mass is 35.5. The zero-order chi connectivity index (χ0) is 10.7. The second kappa shape index (κ2) is 4.67. The van der Waals surface area contributed by atoms with E-state index in [0.717, 1.165) is 18.4 Å². The van der Waals surface area contributed by atoms with Crippen molar-refractivity contribution in [2.45, 2.75) is 32.7 Å². The van der Waals surface area contributed by atoms with Crippen molar-refractivity contribution in [1.29, 1.82) is 0 Å². The minimum Gasteiger partial charge on any atom is -0.507 e. The quantitative estimate of drug-likeness (QED) is 0.810. The molecule has 1 unspecified atom stereocenters. The Morgan fingerprint density at radius 3 is 2.71 bits per heavy atom. The van der Waals surface area contributed by atoms with Crippen LogP contribution >= 0.6 is 11.6 Å². The molecule has 78 valence electrons. The lowest BCUT2D eigenvalue weighted by atomic mass is 10.00. The molecule has 0 spiro atoms. The van der Waals surface area contributed by atoms with Crippen molar-refractivity contribution in [1.82, 2.24) is 0 Å². The van der Waals surface area contributed by atoms with E-state index in [9.17, 15) is 5.11 Å². The summed E-state index contributed by atoms with van der Waals surface area (Å²) in [5.74, 6) is 0.235. The summed E-state index contributed by atoms with van der Waals surface area (Å²) in [7, 11) is 0. The van der Waals surface area contributed by atoms with Gasteiger partial charge >= 0.3 is 0 Å². The zero-order valence-corrected chi connectivity index (χ0v) is 9.30. The Labute approximate surface area is 89.7 Å². The molecule has 0 saturated heterocycles. The summed E-state index contributed by atoms with van der Waals surface area (Å²) in [4.78, 5) is 0. The first-order valence-corrected chi connectivity index (χ1v) is 5.19. The maximum absolute atomic E-state index is 9.81. The lowest BCUT2D eigenvalue weighted by Gasteiger charge is -2.14. The Balaban J connectivity index is 3.04. The van der Waals surface area contributed by atoms with Gasteiger partial charge in [0.05, 0.1) is 0 Å². The van der Waals surface area contributed by atoms with Gasteiger partial charge in [0.2, 0.25) is 0 Å². The van der Waals surface area contributed by atoms with Gasteiger partial charge in [-0.25, -0.2) is 0 Å². The van der Waals surface area contributed by atoms with Crippen molar-refractivity contribution >= 4 is 11.6 Å². The molecule has 3 heteroatoms. The van der Waals surface area contributed by atoms with E-state index in [1.54, 1.807) is 19.1 Å². The lowest BCUT2D eigenvalue weighted by molar-refractivity contribution is 0.454.